The molecule has 1 unspecified atom stereocenters. The highest BCUT2D eigenvalue weighted by molar-refractivity contribution is 5.98. The summed E-state index contributed by atoms with van der Waals surface area (Å²) in [6, 6.07) is 7.91. The van der Waals surface area contributed by atoms with E-state index in [2.05, 4.69) is 10.3 Å². The zero-order valence-electron chi connectivity index (χ0n) is 10.2. The molecule has 1 aromatic carbocycles. The Balaban J connectivity index is 1.85. The highest BCUT2D eigenvalue weighted by Gasteiger charge is 2.15. The second-order valence-corrected chi connectivity index (χ2v) is 4.71. The van der Waals surface area contributed by atoms with Gasteiger partial charge in [-0.1, -0.05) is 0 Å². The molecule has 1 saturated heterocycles. The number of hydrogen-bond acceptors (Lipinski definition) is 4. The summed E-state index contributed by atoms with van der Waals surface area (Å²) in [7, 11) is 0. The van der Waals surface area contributed by atoms with Crippen LogP contribution in [0.5, 0.6) is 0 Å². The van der Waals surface area contributed by atoms with Crippen molar-refractivity contribution < 1.29 is 4.74 Å². The van der Waals surface area contributed by atoms with E-state index in [0.717, 1.165) is 48.5 Å². The fourth-order valence-electron chi connectivity index (χ4n) is 2.35. The zero-order valence-corrected chi connectivity index (χ0v) is 10.2. The normalized spacial score (nSPS) is 19.2. The van der Waals surface area contributed by atoms with Crippen LogP contribution in [-0.4, -0.2) is 24.7 Å². The van der Waals surface area contributed by atoms with Crippen LogP contribution < -0.4 is 11.1 Å². The Kier molecular flexibility index (Phi) is 3.02. The summed E-state index contributed by atoms with van der Waals surface area (Å²) < 4.78 is 5.38. The molecule has 0 aliphatic carbocycles. The minimum absolute atomic E-state index is 0.606. The first-order valence-electron chi connectivity index (χ1n) is 6.29. The summed E-state index contributed by atoms with van der Waals surface area (Å²) in [5.74, 6) is 0.606. The van der Waals surface area contributed by atoms with E-state index in [1.807, 2.05) is 24.3 Å². The average Bonchev–Trinajstić information content (AvgIpc) is 2.92. The molecule has 18 heavy (non-hydrogen) atoms. The summed E-state index contributed by atoms with van der Waals surface area (Å²) >= 11 is 0. The van der Waals surface area contributed by atoms with Crippen molar-refractivity contribution >= 4 is 22.3 Å². The molecular formula is C14H17N3O. The Morgan fingerprint density at radius 2 is 2.33 bits per heavy atom. The SMILES string of the molecule is Nc1ccc(NCC2CCOC2)c2cccnc12. The molecule has 0 amide bonds. The lowest BCUT2D eigenvalue weighted by Gasteiger charge is -2.13. The summed E-state index contributed by atoms with van der Waals surface area (Å²) in [6.45, 7) is 2.68. The largest absolute Gasteiger partial charge is 0.397 e. The van der Waals surface area contributed by atoms with Gasteiger partial charge in [0.15, 0.2) is 0 Å². The highest BCUT2D eigenvalue weighted by Crippen LogP contribution is 2.27. The maximum absolute atomic E-state index is 5.93. The van der Waals surface area contributed by atoms with Crippen molar-refractivity contribution in [1.29, 1.82) is 0 Å². The molecule has 1 aliphatic heterocycles. The van der Waals surface area contributed by atoms with E-state index in [4.69, 9.17) is 10.5 Å². The highest BCUT2D eigenvalue weighted by atomic mass is 16.5. The standard InChI is InChI=1S/C14H17N3O/c15-12-3-4-13(11-2-1-6-16-14(11)12)17-8-10-5-7-18-9-10/h1-4,6,10,17H,5,7-9,15H2. The smallest absolute Gasteiger partial charge is 0.0951 e. The third-order valence-electron chi connectivity index (χ3n) is 3.41. The van der Waals surface area contributed by atoms with Crippen LogP contribution >= 0.6 is 0 Å². The number of nitrogen functional groups attached to an aromatic ring is 1. The first kappa shape index (κ1) is 11.3. The Morgan fingerprint density at radius 3 is 3.17 bits per heavy atom. The molecule has 1 aromatic heterocycles. The summed E-state index contributed by atoms with van der Waals surface area (Å²) in [4.78, 5) is 4.33. The van der Waals surface area contributed by atoms with E-state index < -0.39 is 0 Å². The lowest BCUT2D eigenvalue weighted by atomic mass is 10.1. The molecule has 1 aliphatic rings. The monoisotopic (exact) mass is 243 g/mol. The first-order chi connectivity index (χ1) is 8.84. The Hall–Kier alpha value is -1.81. The van der Waals surface area contributed by atoms with Gasteiger partial charge in [-0.05, 0) is 30.7 Å². The number of hydrogen-bond donors (Lipinski definition) is 2. The van der Waals surface area contributed by atoms with E-state index in [1.165, 1.54) is 0 Å². The van der Waals surface area contributed by atoms with Crippen molar-refractivity contribution in [3.63, 3.8) is 0 Å². The van der Waals surface area contributed by atoms with Gasteiger partial charge in [-0.25, -0.2) is 0 Å². The maximum Gasteiger partial charge on any atom is 0.0951 e. The number of aromatic nitrogens is 1. The molecule has 0 bridgehead atoms. The molecule has 4 nitrogen and oxygen atoms in total. The predicted octanol–water partition coefficient (Wildman–Crippen LogP) is 2.27. The molecule has 1 atom stereocenters. The van der Waals surface area contributed by atoms with Crippen LogP contribution in [0.3, 0.4) is 0 Å². The van der Waals surface area contributed by atoms with Gasteiger partial charge in [-0.2, -0.15) is 0 Å². The molecule has 0 spiro atoms. The predicted molar refractivity (Wildman–Crippen MR) is 73.6 cm³/mol. The van der Waals surface area contributed by atoms with Gasteiger partial charge in [0, 0.05) is 36.3 Å². The van der Waals surface area contributed by atoms with Crippen LogP contribution in [-0.2, 0) is 4.74 Å². The molecule has 2 heterocycles. The number of pyridine rings is 1. The van der Waals surface area contributed by atoms with Gasteiger partial charge < -0.3 is 15.8 Å². The summed E-state index contributed by atoms with van der Waals surface area (Å²) in [5.41, 5.74) is 8.62. The van der Waals surface area contributed by atoms with Gasteiger partial charge >= 0.3 is 0 Å². The zero-order chi connectivity index (χ0) is 12.4. The minimum atomic E-state index is 0.606. The van der Waals surface area contributed by atoms with Crippen LogP contribution in [0, 0.1) is 5.92 Å². The number of rotatable bonds is 3. The molecule has 4 heteroatoms. The number of anilines is 2. The van der Waals surface area contributed by atoms with Crippen molar-refractivity contribution in [2.75, 3.05) is 30.8 Å². The second kappa shape index (κ2) is 4.82. The van der Waals surface area contributed by atoms with Gasteiger partial charge in [0.05, 0.1) is 17.8 Å². The van der Waals surface area contributed by atoms with E-state index in [-0.39, 0.29) is 0 Å². The third-order valence-corrected chi connectivity index (χ3v) is 3.41. The van der Waals surface area contributed by atoms with Crippen LogP contribution in [0.15, 0.2) is 30.5 Å². The number of ether oxygens (including phenoxy) is 1. The van der Waals surface area contributed by atoms with Crippen molar-refractivity contribution in [3.8, 4) is 0 Å². The summed E-state index contributed by atoms with van der Waals surface area (Å²) in [5, 5.41) is 4.56. The maximum atomic E-state index is 5.93. The number of nitrogens with two attached hydrogens (primary N) is 1. The van der Waals surface area contributed by atoms with Crippen LogP contribution in [0.2, 0.25) is 0 Å². The lowest BCUT2D eigenvalue weighted by molar-refractivity contribution is 0.187. The number of fused-ring (bicyclic) bond motifs is 1. The van der Waals surface area contributed by atoms with Crippen molar-refractivity contribution in [3.05, 3.63) is 30.5 Å². The van der Waals surface area contributed by atoms with Gasteiger partial charge in [-0.15, -0.1) is 0 Å². The van der Waals surface area contributed by atoms with Gasteiger partial charge in [-0.3, -0.25) is 4.98 Å². The number of nitrogens with one attached hydrogen (secondary N) is 1. The Morgan fingerprint density at radius 1 is 1.39 bits per heavy atom. The molecule has 3 rings (SSSR count). The topological polar surface area (TPSA) is 60.2 Å². The average molecular weight is 243 g/mol. The molecule has 94 valence electrons. The van der Waals surface area contributed by atoms with Crippen molar-refractivity contribution in [1.82, 2.24) is 4.98 Å². The minimum Gasteiger partial charge on any atom is -0.397 e. The van der Waals surface area contributed by atoms with E-state index >= 15 is 0 Å². The van der Waals surface area contributed by atoms with Crippen LogP contribution in [0.25, 0.3) is 10.9 Å². The van der Waals surface area contributed by atoms with Gasteiger partial charge in [0.1, 0.15) is 0 Å². The molecule has 0 saturated carbocycles. The Bertz CT molecular complexity index is 550. The quantitative estimate of drug-likeness (QED) is 0.812. The van der Waals surface area contributed by atoms with Crippen LogP contribution in [0.1, 0.15) is 6.42 Å². The Labute approximate surface area is 106 Å². The molecule has 3 N–H and O–H groups in total. The number of benzene rings is 1. The van der Waals surface area contributed by atoms with E-state index in [0.29, 0.717) is 5.92 Å². The van der Waals surface area contributed by atoms with Crippen LogP contribution in [0.4, 0.5) is 11.4 Å². The van der Waals surface area contributed by atoms with Crippen molar-refractivity contribution in [2.24, 2.45) is 5.92 Å². The van der Waals surface area contributed by atoms with E-state index in [1.54, 1.807) is 6.20 Å². The molecule has 1 fully saturated rings. The molecular weight excluding hydrogens is 226 g/mol. The molecule has 2 aromatic rings. The first-order valence-corrected chi connectivity index (χ1v) is 6.29. The summed E-state index contributed by atoms with van der Waals surface area (Å²) in [6.07, 6.45) is 2.91. The van der Waals surface area contributed by atoms with Gasteiger partial charge in [0.2, 0.25) is 0 Å². The second-order valence-electron chi connectivity index (χ2n) is 4.71. The van der Waals surface area contributed by atoms with Crippen molar-refractivity contribution in [2.45, 2.75) is 6.42 Å². The fourth-order valence-corrected chi connectivity index (χ4v) is 2.35. The third kappa shape index (κ3) is 2.11. The van der Waals surface area contributed by atoms with Gasteiger partial charge in [0.25, 0.3) is 0 Å². The molecule has 0 radical (unpaired) electrons. The van der Waals surface area contributed by atoms with E-state index in [9.17, 15) is 0 Å². The lowest BCUT2D eigenvalue weighted by Crippen LogP contribution is -2.14. The fraction of sp³-hybridized carbons (Fsp3) is 0.357. The number of nitrogens with zero attached hydrogens (tertiary/aromatic N) is 1.